The number of fused-ring (bicyclic) bond motifs is 4. The smallest absolute Gasteiger partial charge is 0.283 e. The molecule has 0 atom stereocenters. The molecule has 0 aliphatic carbocycles. The van der Waals surface area contributed by atoms with Gasteiger partial charge in [-0.3, -0.25) is 18.8 Å². The van der Waals surface area contributed by atoms with Crippen molar-refractivity contribution >= 4 is 22.5 Å². The molecule has 2 aliphatic rings. The van der Waals surface area contributed by atoms with E-state index in [1.54, 1.807) is 17.2 Å². The molecule has 33 heavy (non-hydrogen) atoms. The maximum Gasteiger partial charge on any atom is 0.283 e. The Bertz CT molecular complexity index is 1520. The summed E-state index contributed by atoms with van der Waals surface area (Å²) >= 11 is 0. The lowest BCUT2D eigenvalue weighted by Crippen LogP contribution is -2.37. The molecule has 4 aromatic rings. The molecule has 10 nitrogen and oxygen atoms in total. The average molecular weight is 449 g/mol. The zero-order chi connectivity index (χ0) is 22.7. The fourth-order valence-electron chi connectivity index (χ4n) is 5.00. The van der Waals surface area contributed by atoms with Gasteiger partial charge in [-0.1, -0.05) is 0 Å². The van der Waals surface area contributed by atoms with Crippen molar-refractivity contribution in [2.75, 3.05) is 19.8 Å². The number of ether oxygens (including phenoxy) is 1. The highest BCUT2D eigenvalue weighted by Crippen LogP contribution is 2.29. The van der Waals surface area contributed by atoms with Crippen LogP contribution >= 0.6 is 0 Å². The van der Waals surface area contributed by atoms with Crippen LogP contribution in [-0.2, 0) is 17.7 Å². The molecule has 1 aromatic carbocycles. The Balaban J connectivity index is 1.44. The summed E-state index contributed by atoms with van der Waals surface area (Å²) in [6, 6.07) is 3.67. The molecule has 3 aromatic heterocycles. The van der Waals surface area contributed by atoms with Crippen molar-refractivity contribution in [1.82, 2.24) is 24.4 Å². The number of nitrogens with one attached hydrogen (secondary N) is 2. The number of rotatable bonds is 2. The lowest BCUT2D eigenvalue weighted by Gasteiger charge is -2.26. The normalized spacial score (nSPS) is 17.1. The van der Waals surface area contributed by atoms with Crippen LogP contribution in [0.3, 0.4) is 0 Å². The Hall–Kier alpha value is -3.66. The molecule has 2 aliphatic heterocycles. The number of aromatic nitrogens is 4. The lowest BCUT2D eigenvalue weighted by molar-refractivity contribution is 0.0715. The van der Waals surface area contributed by atoms with E-state index in [1.807, 2.05) is 17.4 Å². The minimum atomic E-state index is -0.243. The SMILES string of the molecule is Cc1cc2c(cc1C(=O)N1CCc3c(o[nH]c3=O)C1)[nH]c(=O)c1cnc(C3CCOCC3)n12. The summed E-state index contributed by atoms with van der Waals surface area (Å²) in [5.41, 5.74) is 3.32. The molecular weight excluding hydrogens is 426 g/mol. The van der Waals surface area contributed by atoms with Gasteiger partial charge in [0, 0.05) is 31.2 Å². The lowest BCUT2D eigenvalue weighted by atomic mass is 9.99. The van der Waals surface area contributed by atoms with Crippen molar-refractivity contribution in [3.8, 4) is 0 Å². The number of aromatic amines is 2. The van der Waals surface area contributed by atoms with Crippen LogP contribution in [0.4, 0.5) is 0 Å². The van der Waals surface area contributed by atoms with Gasteiger partial charge in [-0.2, -0.15) is 5.16 Å². The Morgan fingerprint density at radius 3 is 2.79 bits per heavy atom. The van der Waals surface area contributed by atoms with E-state index in [2.05, 4.69) is 15.1 Å². The maximum atomic E-state index is 13.4. The van der Waals surface area contributed by atoms with Gasteiger partial charge < -0.3 is 19.1 Å². The monoisotopic (exact) mass is 449 g/mol. The van der Waals surface area contributed by atoms with Gasteiger partial charge >= 0.3 is 0 Å². The number of carbonyl (C=O) groups is 1. The number of hydrogen-bond acceptors (Lipinski definition) is 6. The predicted molar refractivity (Wildman–Crippen MR) is 119 cm³/mol. The molecule has 0 spiro atoms. The Kier molecular flexibility index (Phi) is 4.51. The van der Waals surface area contributed by atoms with E-state index in [9.17, 15) is 14.4 Å². The summed E-state index contributed by atoms with van der Waals surface area (Å²) in [4.78, 5) is 47.1. The van der Waals surface area contributed by atoms with E-state index < -0.39 is 0 Å². The minimum absolute atomic E-state index is 0.167. The third-order valence-electron chi connectivity index (χ3n) is 6.80. The third-order valence-corrected chi connectivity index (χ3v) is 6.80. The summed E-state index contributed by atoms with van der Waals surface area (Å²) in [6.07, 6.45) is 3.78. The number of carbonyl (C=O) groups excluding carboxylic acids is 1. The second kappa shape index (κ2) is 7.45. The van der Waals surface area contributed by atoms with Gasteiger partial charge in [-0.15, -0.1) is 0 Å². The first-order valence-corrected chi connectivity index (χ1v) is 11.1. The highest BCUT2D eigenvalue weighted by Gasteiger charge is 2.28. The molecule has 1 saturated heterocycles. The van der Waals surface area contributed by atoms with Gasteiger partial charge in [-0.05, 0) is 43.9 Å². The highest BCUT2D eigenvalue weighted by atomic mass is 16.5. The van der Waals surface area contributed by atoms with Crippen LogP contribution in [0.1, 0.15) is 51.8 Å². The number of imidazole rings is 1. The molecule has 10 heteroatoms. The Labute approximate surface area is 187 Å². The number of nitrogens with zero attached hydrogens (tertiary/aromatic N) is 3. The summed E-state index contributed by atoms with van der Waals surface area (Å²) in [5, 5.41) is 2.34. The van der Waals surface area contributed by atoms with Gasteiger partial charge in [0.15, 0.2) is 5.76 Å². The molecule has 1 fully saturated rings. The van der Waals surface area contributed by atoms with E-state index in [-0.39, 0.29) is 29.5 Å². The van der Waals surface area contributed by atoms with Crippen molar-refractivity contribution in [2.24, 2.45) is 0 Å². The zero-order valence-corrected chi connectivity index (χ0v) is 18.1. The standard InChI is InChI=1S/C23H23N5O5/c1-12-8-17-16(9-15(12)23(31)27-5-2-14-19(11-27)33-26-21(14)29)25-22(30)18-10-24-20(28(17)18)13-3-6-32-7-4-13/h8-10,13H,2-7,11H2,1H3,(H,25,30)(H,26,29). The number of aryl methyl sites for hydroxylation is 1. The van der Waals surface area contributed by atoms with E-state index in [1.165, 1.54) is 0 Å². The molecule has 2 N–H and O–H groups in total. The Morgan fingerprint density at radius 2 is 1.97 bits per heavy atom. The molecule has 5 heterocycles. The number of hydrogen-bond donors (Lipinski definition) is 2. The van der Waals surface area contributed by atoms with Gasteiger partial charge in [0.2, 0.25) is 0 Å². The van der Waals surface area contributed by atoms with Gasteiger partial charge in [0.05, 0.1) is 29.3 Å². The molecule has 170 valence electrons. The van der Waals surface area contributed by atoms with Gasteiger partial charge in [-0.25, -0.2) is 4.98 Å². The van der Waals surface area contributed by atoms with Gasteiger partial charge in [0.25, 0.3) is 17.0 Å². The number of amides is 1. The molecule has 0 radical (unpaired) electrons. The predicted octanol–water partition coefficient (Wildman–Crippen LogP) is 1.86. The van der Waals surface area contributed by atoms with Crippen molar-refractivity contribution in [3.05, 3.63) is 67.3 Å². The second-order valence-corrected chi connectivity index (χ2v) is 8.77. The van der Waals surface area contributed by atoms with Crippen LogP contribution in [0, 0.1) is 6.92 Å². The molecule has 0 bridgehead atoms. The summed E-state index contributed by atoms with van der Waals surface area (Å²) < 4.78 is 12.6. The second-order valence-electron chi connectivity index (χ2n) is 8.77. The Morgan fingerprint density at radius 1 is 1.15 bits per heavy atom. The van der Waals surface area contributed by atoms with Crippen LogP contribution in [0.25, 0.3) is 16.6 Å². The topological polar surface area (TPSA) is 126 Å². The molecule has 6 rings (SSSR count). The first-order chi connectivity index (χ1) is 16.0. The summed E-state index contributed by atoms with van der Waals surface area (Å²) in [6.45, 7) is 3.90. The van der Waals surface area contributed by atoms with E-state index in [0.29, 0.717) is 54.1 Å². The van der Waals surface area contributed by atoms with Crippen molar-refractivity contribution < 1.29 is 14.1 Å². The average Bonchev–Trinajstić information content (AvgIpc) is 3.44. The summed E-state index contributed by atoms with van der Waals surface area (Å²) in [7, 11) is 0. The molecule has 0 unspecified atom stereocenters. The van der Waals surface area contributed by atoms with Crippen LogP contribution in [0.2, 0.25) is 0 Å². The zero-order valence-electron chi connectivity index (χ0n) is 18.1. The van der Waals surface area contributed by atoms with Crippen LogP contribution < -0.4 is 11.1 Å². The maximum absolute atomic E-state index is 13.4. The third kappa shape index (κ3) is 3.12. The summed E-state index contributed by atoms with van der Waals surface area (Å²) in [5.74, 6) is 1.40. The fourth-order valence-corrected chi connectivity index (χ4v) is 5.00. The van der Waals surface area contributed by atoms with Crippen molar-refractivity contribution in [3.63, 3.8) is 0 Å². The molecular formula is C23H23N5O5. The number of benzene rings is 1. The van der Waals surface area contributed by atoms with Crippen LogP contribution in [0.5, 0.6) is 0 Å². The van der Waals surface area contributed by atoms with Crippen LogP contribution in [0.15, 0.2) is 32.4 Å². The van der Waals surface area contributed by atoms with E-state index in [4.69, 9.17) is 9.26 Å². The fraction of sp³-hybridized carbons (Fsp3) is 0.391. The van der Waals surface area contributed by atoms with Gasteiger partial charge in [0.1, 0.15) is 11.3 Å². The minimum Gasteiger partial charge on any atom is -0.381 e. The highest BCUT2D eigenvalue weighted by molar-refractivity contribution is 5.99. The van der Waals surface area contributed by atoms with Crippen molar-refractivity contribution in [1.29, 1.82) is 0 Å². The molecule has 1 amide bonds. The van der Waals surface area contributed by atoms with Crippen molar-refractivity contribution in [2.45, 2.75) is 38.6 Å². The van der Waals surface area contributed by atoms with Crippen LogP contribution in [-0.4, -0.2) is 50.1 Å². The van der Waals surface area contributed by atoms with E-state index >= 15 is 0 Å². The first kappa shape index (κ1) is 20.0. The first-order valence-electron chi connectivity index (χ1n) is 11.1. The van der Waals surface area contributed by atoms with E-state index in [0.717, 1.165) is 29.7 Å². The quantitative estimate of drug-likeness (QED) is 0.481. The molecule has 0 saturated carbocycles. The largest absolute Gasteiger partial charge is 0.381 e. The number of H-pyrrole nitrogens is 2.